The first-order chi connectivity index (χ1) is 14.9. The summed E-state index contributed by atoms with van der Waals surface area (Å²) < 4.78 is 0. The van der Waals surface area contributed by atoms with E-state index in [-0.39, 0.29) is 11.7 Å². The van der Waals surface area contributed by atoms with Crippen molar-refractivity contribution in [2.24, 2.45) is 5.92 Å². The topological polar surface area (TPSA) is 56.7 Å². The molecule has 1 fully saturated rings. The first-order valence-corrected chi connectivity index (χ1v) is 11.7. The van der Waals surface area contributed by atoms with Gasteiger partial charge in [0.25, 0.3) is 5.91 Å². The maximum Gasteiger partial charge on any atom is 0.255 e. The molecule has 2 heterocycles. The molecular formula is C26H37N3O2. The first kappa shape index (κ1) is 23.3. The molecule has 5 nitrogen and oxygen atoms in total. The van der Waals surface area contributed by atoms with Gasteiger partial charge in [-0.3, -0.25) is 9.78 Å². The van der Waals surface area contributed by atoms with Crippen molar-refractivity contribution in [3.63, 3.8) is 0 Å². The van der Waals surface area contributed by atoms with Gasteiger partial charge in [0, 0.05) is 32.4 Å². The van der Waals surface area contributed by atoms with Gasteiger partial charge in [-0.2, -0.15) is 0 Å². The quantitative estimate of drug-likeness (QED) is 0.669. The molecule has 1 aliphatic heterocycles. The molecule has 3 rings (SSSR count). The molecule has 0 bridgehead atoms. The van der Waals surface area contributed by atoms with Crippen molar-refractivity contribution in [3.05, 3.63) is 59.4 Å². The Kier molecular flexibility index (Phi) is 7.71. The number of phenols is 1. The second-order valence-electron chi connectivity index (χ2n) is 8.86. The average Bonchev–Trinajstić information content (AvgIpc) is 2.79. The van der Waals surface area contributed by atoms with Gasteiger partial charge in [-0.1, -0.05) is 32.4 Å². The number of nitrogens with zero attached hydrogens (tertiary/aromatic N) is 3. The standard InChI is InChI=1S/C26H37N3O2/c1-5-20(4)18-28-16-10-14-26(19-28,21-11-8-12-22(30)17-21)24-23(13-9-15-27-24)25(31)29(6-2)7-3/h8-9,11-13,15,17,20,30H,5-7,10,14,16,18-19H2,1-4H3. The lowest BCUT2D eigenvalue weighted by Crippen LogP contribution is -2.49. The van der Waals surface area contributed by atoms with E-state index in [9.17, 15) is 9.90 Å². The van der Waals surface area contributed by atoms with Crippen LogP contribution in [0.25, 0.3) is 0 Å². The molecule has 1 saturated heterocycles. The Hall–Kier alpha value is -2.40. The molecular weight excluding hydrogens is 386 g/mol. The minimum atomic E-state index is -0.427. The summed E-state index contributed by atoms with van der Waals surface area (Å²) in [5.74, 6) is 0.899. The number of carbonyl (C=O) groups is 1. The number of rotatable bonds is 8. The highest BCUT2D eigenvalue weighted by Crippen LogP contribution is 2.42. The Morgan fingerprint density at radius 3 is 2.68 bits per heavy atom. The van der Waals surface area contributed by atoms with Crippen molar-refractivity contribution in [2.75, 3.05) is 32.7 Å². The van der Waals surface area contributed by atoms with Crippen LogP contribution in [0.15, 0.2) is 42.6 Å². The fourth-order valence-electron chi connectivity index (χ4n) is 4.88. The number of phenolic OH excluding ortho intramolecular Hbond substituents is 1. The van der Waals surface area contributed by atoms with Crippen LogP contribution in [0.5, 0.6) is 5.75 Å². The van der Waals surface area contributed by atoms with E-state index in [1.54, 1.807) is 12.3 Å². The monoisotopic (exact) mass is 423 g/mol. The van der Waals surface area contributed by atoms with Gasteiger partial charge in [0.05, 0.1) is 16.7 Å². The number of amides is 1. The number of carbonyl (C=O) groups excluding carboxylic acids is 1. The van der Waals surface area contributed by atoms with Gasteiger partial charge in [0.2, 0.25) is 0 Å². The fourth-order valence-corrected chi connectivity index (χ4v) is 4.88. The molecule has 31 heavy (non-hydrogen) atoms. The summed E-state index contributed by atoms with van der Waals surface area (Å²) in [4.78, 5) is 22.6. The van der Waals surface area contributed by atoms with Crippen LogP contribution in [0.2, 0.25) is 0 Å². The minimum Gasteiger partial charge on any atom is -0.508 e. The highest BCUT2D eigenvalue weighted by atomic mass is 16.3. The van der Waals surface area contributed by atoms with Crippen molar-refractivity contribution in [3.8, 4) is 5.75 Å². The van der Waals surface area contributed by atoms with Gasteiger partial charge in [-0.05, 0) is 69.0 Å². The van der Waals surface area contributed by atoms with Crippen LogP contribution < -0.4 is 0 Å². The van der Waals surface area contributed by atoms with Crippen molar-refractivity contribution in [1.82, 2.24) is 14.8 Å². The van der Waals surface area contributed by atoms with Crippen LogP contribution in [0.4, 0.5) is 0 Å². The molecule has 0 spiro atoms. The van der Waals surface area contributed by atoms with Gasteiger partial charge >= 0.3 is 0 Å². The zero-order valence-electron chi connectivity index (χ0n) is 19.5. The average molecular weight is 424 g/mol. The van der Waals surface area contributed by atoms with E-state index in [1.165, 1.54) is 0 Å². The predicted molar refractivity (Wildman–Crippen MR) is 126 cm³/mol. The fraction of sp³-hybridized carbons (Fsp3) is 0.538. The maximum absolute atomic E-state index is 13.4. The van der Waals surface area contributed by atoms with Crippen LogP contribution in [-0.4, -0.2) is 58.5 Å². The third-order valence-corrected chi connectivity index (χ3v) is 6.78. The number of hydrogen-bond acceptors (Lipinski definition) is 4. The molecule has 0 saturated carbocycles. The minimum absolute atomic E-state index is 0.0340. The maximum atomic E-state index is 13.4. The Balaban J connectivity index is 2.14. The van der Waals surface area contributed by atoms with Gasteiger partial charge in [-0.25, -0.2) is 0 Å². The van der Waals surface area contributed by atoms with E-state index in [1.807, 2.05) is 43.0 Å². The number of hydrogen-bond donors (Lipinski definition) is 1. The zero-order chi connectivity index (χ0) is 22.4. The van der Waals surface area contributed by atoms with Crippen molar-refractivity contribution < 1.29 is 9.90 Å². The number of aromatic nitrogens is 1. The van der Waals surface area contributed by atoms with Gasteiger partial charge in [0.15, 0.2) is 0 Å². The number of likely N-dealkylation sites (tertiary alicyclic amines) is 1. The van der Waals surface area contributed by atoms with Crippen LogP contribution in [0.1, 0.15) is 68.6 Å². The molecule has 2 aromatic rings. The second-order valence-corrected chi connectivity index (χ2v) is 8.86. The number of piperidine rings is 1. The Labute approximate surface area is 187 Å². The van der Waals surface area contributed by atoms with Crippen LogP contribution in [0, 0.1) is 5.92 Å². The molecule has 0 radical (unpaired) electrons. The van der Waals surface area contributed by atoms with Gasteiger partial charge in [-0.15, -0.1) is 0 Å². The molecule has 0 aliphatic carbocycles. The lowest BCUT2D eigenvalue weighted by atomic mass is 9.69. The van der Waals surface area contributed by atoms with E-state index in [2.05, 4.69) is 24.8 Å². The van der Waals surface area contributed by atoms with E-state index >= 15 is 0 Å². The van der Waals surface area contributed by atoms with Crippen molar-refractivity contribution in [2.45, 2.75) is 52.4 Å². The molecule has 2 atom stereocenters. The van der Waals surface area contributed by atoms with Crippen molar-refractivity contribution >= 4 is 5.91 Å². The lowest BCUT2D eigenvalue weighted by molar-refractivity contribution is 0.0766. The number of aromatic hydroxyl groups is 1. The Bertz CT molecular complexity index is 880. The first-order valence-electron chi connectivity index (χ1n) is 11.7. The summed E-state index contributed by atoms with van der Waals surface area (Å²) in [7, 11) is 0. The van der Waals surface area contributed by atoms with Gasteiger partial charge in [0.1, 0.15) is 5.75 Å². The Morgan fingerprint density at radius 2 is 2.00 bits per heavy atom. The largest absolute Gasteiger partial charge is 0.508 e. The van der Waals surface area contributed by atoms with Crippen LogP contribution in [0.3, 0.4) is 0 Å². The van der Waals surface area contributed by atoms with E-state index in [0.29, 0.717) is 24.6 Å². The third-order valence-electron chi connectivity index (χ3n) is 6.78. The van der Waals surface area contributed by atoms with E-state index < -0.39 is 5.41 Å². The predicted octanol–water partition coefficient (Wildman–Crippen LogP) is 4.70. The van der Waals surface area contributed by atoms with Crippen molar-refractivity contribution in [1.29, 1.82) is 0 Å². The van der Waals surface area contributed by atoms with Crippen LogP contribution >= 0.6 is 0 Å². The van der Waals surface area contributed by atoms with E-state index in [4.69, 9.17) is 4.98 Å². The van der Waals surface area contributed by atoms with Gasteiger partial charge < -0.3 is 14.9 Å². The Morgan fingerprint density at radius 1 is 1.23 bits per heavy atom. The number of pyridine rings is 1. The third kappa shape index (κ3) is 4.93. The number of benzene rings is 1. The second kappa shape index (κ2) is 10.3. The molecule has 1 aromatic carbocycles. The van der Waals surface area contributed by atoms with Crippen LogP contribution in [-0.2, 0) is 5.41 Å². The summed E-state index contributed by atoms with van der Waals surface area (Å²) >= 11 is 0. The molecule has 1 N–H and O–H groups in total. The summed E-state index contributed by atoms with van der Waals surface area (Å²) in [6.07, 6.45) is 4.88. The molecule has 1 aliphatic rings. The SMILES string of the molecule is CCC(C)CN1CCCC(c2cccc(O)c2)(c2ncccc2C(=O)N(CC)CC)C1. The molecule has 5 heteroatoms. The molecule has 1 amide bonds. The summed E-state index contributed by atoms with van der Waals surface area (Å²) in [6, 6.07) is 11.3. The normalized spacial score (nSPS) is 20.4. The molecule has 1 aromatic heterocycles. The summed E-state index contributed by atoms with van der Waals surface area (Å²) in [5.41, 5.74) is 2.13. The van der Waals surface area contributed by atoms with E-state index in [0.717, 1.165) is 50.2 Å². The highest BCUT2D eigenvalue weighted by Gasteiger charge is 2.43. The smallest absolute Gasteiger partial charge is 0.255 e. The molecule has 2 unspecified atom stereocenters. The summed E-state index contributed by atoms with van der Waals surface area (Å²) in [6.45, 7) is 12.8. The molecule has 168 valence electrons. The summed E-state index contributed by atoms with van der Waals surface area (Å²) in [5, 5.41) is 10.3. The lowest BCUT2D eigenvalue weighted by Gasteiger charge is -2.44. The zero-order valence-corrected chi connectivity index (χ0v) is 19.5. The highest BCUT2D eigenvalue weighted by molar-refractivity contribution is 5.95.